The summed E-state index contributed by atoms with van der Waals surface area (Å²) in [7, 11) is 0. The Bertz CT molecular complexity index is 1110. The Hall–Kier alpha value is -3.33. The molecule has 0 saturated heterocycles. The molecule has 1 aromatic heterocycles. The van der Waals surface area contributed by atoms with Crippen LogP contribution in [0, 0.1) is 0 Å². The van der Waals surface area contributed by atoms with Gasteiger partial charge in [0.25, 0.3) is 0 Å². The second-order valence-corrected chi connectivity index (χ2v) is 6.66. The molecule has 0 saturated carbocycles. The lowest BCUT2D eigenvalue weighted by atomic mass is 9.93. The van der Waals surface area contributed by atoms with Crippen LogP contribution in [0.4, 0.5) is 5.95 Å². The van der Waals surface area contributed by atoms with Crippen molar-refractivity contribution in [1.82, 2.24) is 9.55 Å². The quantitative estimate of drug-likeness (QED) is 0.525. The molecule has 3 heteroatoms. The monoisotopic (exact) mass is 337 g/mol. The predicted molar refractivity (Wildman–Crippen MR) is 107 cm³/mol. The SMILES string of the molecule is CC1=C(c2ccccc2)Nc2nc3ccccc3n2C1c1ccccc1. The van der Waals surface area contributed by atoms with Crippen LogP contribution in [-0.2, 0) is 0 Å². The van der Waals surface area contributed by atoms with Gasteiger partial charge in [-0.05, 0) is 35.8 Å². The third-order valence-corrected chi connectivity index (χ3v) is 5.07. The molecular weight excluding hydrogens is 318 g/mol. The molecule has 2 heterocycles. The lowest BCUT2D eigenvalue weighted by Crippen LogP contribution is -2.22. The highest BCUT2D eigenvalue weighted by atomic mass is 15.2. The molecule has 26 heavy (non-hydrogen) atoms. The number of anilines is 1. The molecule has 1 atom stereocenters. The maximum absolute atomic E-state index is 4.86. The average molecular weight is 337 g/mol. The van der Waals surface area contributed by atoms with Crippen LogP contribution < -0.4 is 5.32 Å². The van der Waals surface area contributed by atoms with E-state index in [0.717, 1.165) is 22.7 Å². The highest BCUT2D eigenvalue weighted by Gasteiger charge is 2.29. The number of rotatable bonds is 2. The van der Waals surface area contributed by atoms with Crippen LogP contribution in [0.3, 0.4) is 0 Å². The zero-order chi connectivity index (χ0) is 17.5. The number of aromatic nitrogens is 2. The zero-order valence-electron chi connectivity index (χ0n) is 14.6. The summed E-state index contributed by atoms with van der Waals surface area (Å²) in [4.78, 5) is 4.86. The van der Waals surface area contributed by atoms with Gasteiger partial charge >= 0.3 is 0 Å². The average Bonchev–Trinajstić information content (AvgIpc) is 3.07. The summed E-state index contributed by atoms with van der Waals surface area (Å²) in [5.74, 6) is 0.893. The van der Waals surface area contributed by atoms with E-state index in [4.69, 9.17) is 4.98 Å². The Labute approximate surface area is 152 Å². The number of allylic oxidation sites excluding steroid dienone is 1. The molecule has 3 aromatic carbocycles. The van der Waals surface area contributed by atoms with Crippen LogP contribution in [0.25, 0.3) is 16.7 Å². The van der Waals surface area contributed by atoms with Crippen molar-refractivity contribution in [3.05, 3.63) is 102 Å². The Morgan fingerprint density at radius 3 is 2.23 bits per heavy atom. The first-order valence-electron chi connectivity index (χ1n) is 8.88. The number of nitrogens with zero attached hydrogens (tertiary/aromatic N) is 2. The number of para-hydroxylation sites is 2. The largest absolute Gasteiger partial charge is 0.325 e. The van der Waals surface area contributed by atoms with Gasteiger partial charge in [-0.25, -0.2) is 4.98 Å². The molecule has 1 N–H and O–H groups in total. The first-order valence-corrected chi connectivity index (χ1v) is 8.88. The fraction of sp³-hybridized carbons (Fsp3) is 0.0870. The summed E-state index contributed by atoms with van der Waals surface area (Å²) in [5.41, 5.74) is 7.04. The van der Waals surface area contributed by atoms with Gasteiger partial charge in [-0.15, -0.1) is 0 Å². The minimum atomic E-state index is 0.120. The topological polar surface area (TPSA) is 29.9 Å². The molecule has 0 spiro atoms. The second-order valence-electron chi connectivity index (χ2n) is 6.66. The van der Waals surface area contributed by atoms with E-state index in [1.54, 1.807) is 0 Å². The molecule has 0 radical (unpaired) electrons. The van der Waals surface area contributed by atoms with Crippen LogP contribution in [0.5, 0.6) is 0 Å². The van der Waals surface area contributed by atoms with Gasteiger partial charge < -0.3 is 5.32 Å². The van der Waals surface area contributed by atoms with E-state index < -0.39 is 0 Å². The van der Waals surface area contributed by atoms with Gasteiger partial charge in [0.2, 0.25) is 5.95 Å². The third-order valence-electron chi connectivity index (χ3n) is 5.07. The van der Waals surface area contributed by atoms with Crippen molar-refractivity contribution in [3.8, 4) is 0 Å². The van der Waals surface area contributed by atoms with E-state index >= 15 is 0 Å². The van der Waals surface area contributed by atoms with Gasteiger partial charge in [0.15, 0.2) is 0 Å². The van der Waals surface area contributed by atoms with Gasteiger partial charge in [0, 0.05) is 5.70 Å². The summed E-state index contributed by atoms with van der Waals surface area (Å²) in [6.07, 6.45) is 0. The minimum Gasteiger partial charge on any atom is -0.325 e. The fourth-order valence-corrected chi connectivity index (χ4v) is 3.87. The lowest BCUT2D eigenvalue weighted by Gasteiger charge is -2.31. The van der Waals surface area contributed by atoms with Crippen LogP contribution >= 0.6 is 0 Å². The van der Waals surface area contributed by atoms with E-state index in [-0.39, 0.29) is 6.04 Å². The molecule has 1 aliphatic heterocycles. The van der Waals surface area contributed by atoms with Crippen molar-refractivity contribution in [1.29, 1.82) is 0 Å². The molecule has 0 bridgehead atoms. The summed E-state index contributed by atoms with van der Waals surface area (Å²) in [5, 5.41) is 3.58. The second kappa shape index (κ2) is 5.88. The number of imidazole rings is 1. The van der Waals surface area contributed by atoms with E-state index in [9.17, 15) is 0 Å². The zero-order valence-corrected chi connectivity index (χ0v) is 14.6. The molecule has 0 amide bonds. The normalized spacial score (nSPS) is 16.4. The van der Waals surface area contributed by atoms with Crippen molar-refractivity contribution in [3.63, 3.8) is 0 Å². The van der Waals surface area contributed by atoms with Gasteiger partial charge in [0.05, 0.1) is 17.1 Å². The standard InChI is InChI=1S/C23H19N3/c1-16-21(17-10-4-2-5-11-17)25-23-24-19-14-8-9-15-20(19)26(23)22(16)18-12-6-3-7-13-18/h2-15,22H,1H3,(H,24,25). The summed E-state index contributed by atoms with van der Waals surface area (Å²) < 4.78 is 2.31. The van der Waals surface area contributed by atoms with E-state index in [2.05, 4.69) is 89.6 Å². The molecular formula is C23H19N3. The summed E-state index contributed by atoms with van der Waals surface area (Å²) >= 11 is 0. The summed E-state index contributed by atoms with van der Waals surface area (Å²) in [6.45, 7) is 2.21. The molecule has 126 valence electrons. The minimum absolute atomic E-state index is 0.120. The molecule has 1 aliphatic rings. The van der Waals surface area contributed by atoms with Gasteiger partial charge in [0.1, 0.15) is 0 Å². The Morgan fingerprint density at radius 1 is 0.808 bits per heavy atom. The maximum Gasteiger partial charge on any atom is 0.209 e. The Kier molecular flexibility index (Phi) is 3.39. The third kappa shape index (κ3) is 2.25. The predicted octanol–water partition coefficient (Wildman–Crippen LogP) is 5.48. The van der Waals surface area contributed by atoms with E-state index in [1.165, 1.54) is 16.7 Å². The van der Waals surface area contributed by atoms with Crippen molar-refractivity contribution in [2.45, 2.75) is 13.0 Å². The van der Waals surface area contributed by atoms with E-state index in [0.29, 0.717) is 0 Å². The number of benzene rings is 3. The molecule has 4 aromatic rings. The van der Waals surface area contributed by atoms with Gasteiger partial charge in [-0.3, -0.25) is 4.57 Å². The Balaban J connectivity index is 1.79. The van der Waals surface area contributed by atoms with Gasteiger partial charge in [-0.1, -0.05) is 72.8 Å². The highest BCUT2D eigenvalue weighted by Crippen LogP contribution is 2.41. The number of nitrogens with one attached hydrogen (secondary N) is 1. The number of hydrogen-bond acceptors (Lipinski definition) is 2. The highest BCUT2D eigenvalue weighted by molar-refractivity contribution is 5.87. The first kappa shape index (κ1) is 15.0. The van der Waals surface area contributed by atoms with Crippen molar-refractivity contribution in [2.24, 2.45) is 0 Å². The smallest absolute Gasteiger partial charge is 0.209 e. The molecule has 5 rings (SSSR count). The number of fused-ring (bicyclic) bond motifs is 3. The molecule has 1 unspecified atom stereocenters. The molecule has 3 nitrogen and oxygen atoms in total. The molecule has 0 fully saturated rings. The van der Waals surface area contributed by atoms with Crippen LogP contribution in [0.1, 0.15) is 24.1 Å². The number of hydrogen-bond donors (Lipinski definition) is 1. The van der Waals surface area contributed by atoms with Crippen molar-refractivity contribution in [2.75, 3.05) is 5.32 Å². The van der Waals surface area contributed by atoms with Crippen LogP contribution in [0.15, 0.2) is 90.5 Å². The van der Waals surface area contributed by atoms with Crippen LogP contribution in [0.2, 0.25) is 0 Å². The Morgan fingerprint density at radius 2 is 1.46 bits per heavy atom. The summed E-state index contributed by atoms with van der Waals surface area (Å²) in [6, 6.07) is 29.6. The van der Waals surface area contributed by atoms with E-state index in [1.807, 2.05) is 12.1 Å². The fourth-order valence-electron chi connectivity index (χ4n) is 3.87. The first-order chi connectivity index (χ1) is 12.8. The molecule has 0 aliphatic carbocycles. The maximum atomic E-state index is 4.86. The van der Waals surface area contributed by atoms with Crippen molar-refractivity contribution >= 4 is 22.7 Å². The van der Waals surface area contributed by atoms with Crippen LogP contribution in [-0.4, -0.2) is 9.55 Å². The lowest BCUT2D eigenvalue weighted by molar-refractivity contribution is 0.681. The van der Waals surface area contributed by atoms with Crippen molar-refractivity contribution < 1.29 is 0 Å². The van der Waals surface area contributed by atoms with Gasteiger partial charge in [-0.2, -0.15) is 0 Å².